The highest BCUT2D eigenvalue weighted by Crippen LogP contribution is 2.40. The Morgan fingerprint density at radius 3 is 2.52 bits per heavy atom. The Kier molecular flexibility index (Phi) is 3.47. The Bertz CT molecular complexity index is 1160. The van der Waals surface area contributed by atoms with Crippen LogP contribution >= 0.6 is 0 Å². The van der Waals surface area contributed by atoms with Gasteiger partial charge in [-0.1, -0.05) is 24.3 Å². The molecule has 1 aliphatic rings. The molecule has 0 aliphatic heterocycles. The van der Waals surface area contributed by atoms with Crippen LogP contribution in [0.5, 0.6) is 0 Å². The molecule has 2 heterocycles. The Morgan fingerprint density at radius 1 is 1.00 bits per heavy atom. The summed E-state index contributed by atoms with van der Waals surface area (Å²) in [6, 6.07) is 12.1. The lowest BCUT2D eigenvalue weighted by Gasteiger charge is -2.07. The highest BCUT2D eigenvalue weighted by atomic mass is 19.1. The summed E-state index contributed by atoms with van der Waals surface area (Å²) < 4.78 is 27.7. The van der Waals surface area contributed by atoms with Gasteiger partial charge in [-0.2, -0.15) is 0 Å². The van der Waals surface area contributed by atoms with Crippen molar-refractivity contribution in [3.63, 3.8) is 0 Å². The number of benzene rings is 2. The topological polar surface area (TPSA) is 67.6 Å². The molecule has 134 valence electrons. The van der Waals surface area contributed by atoms with E-state index in [-0.39, 0.29) is 5.52 Å². The number of anilines is 1. The standard InChI is InChI=1S/C21H16F2N4/c22-14-7-15-16(10-25-20(15)17(23)8-14)21-26-18(9-19(24)27-21)13-5-3-12(4-6-13)11-1-2-11/h3-11,25H,1-2H2,(H2,24,26,27). The average Bonchev–Trinajstić information content (AvgIpc) is 3.41. The SMILES string of the molecule is Nc1cc(-c2ccc(C3CC3)cc2)nc(-c2c[nH]c3c(F)cc(F)cc23)n1. The van der Waals surface area contributed by atoms with Gasteiger partial charge in [-0.05, 0) is 30.4 Å². The Labute approximate surface area is 154 Å². The summed E-state index contributed by atoms with van der Waals surface area (Å²) >= 11 is 0. The minimum absolute atomic E-state index is 0.216. The molecule has 0 saturated heterocycles. The van der Waals surface area contributed by atoms with Crippen LogP contribution in [0.25, 0.3) is 33.5 Å². The fourth-order valence-corrected chi connectivity index (χ4v) is 3.42. The van der Waals surface area contributed by atoms with Crippen molar-refractivity contribution in [2.45, 2.75) is 18.8 Å². The number of fused-ring (bicyclic) bond motifs is 1. The number of hydrogen-bond acceptors (Lipinski definition) is 3. The fourth-order valence-electron chi connectivity index (χ4n) is 3.42. The number of halogens is 2. The van der Waals surface area contributed by atoms with Gasteiger partial charge in [0.15, 0.2) is 5.82 Å². The van der Waals surface area contributed by atoms with Crippen LogP contribution in [0.2, 0.25) is 0 Å². The van der Waals surface area contributed by atoms with Crippen molar-refractivity contribution in [1.29, 1.82) is 0 Å². The van der Waals surface area contributed by atoms with Crippen molar-refractivity contribution in [3.05, 3.63) is 65.9 Å². The number of aromatic amines is 1. The second-order valence-electron chi connectivity index (χ2n) is 6.91. The first-order valence-corrected chi connectivity index (χ1v) is 8.80. The molecule has 0 amide bonds. The van der Waals surface area contributed by atoms with Crippen molar-refractivity contribution >= 4 is 16.7 Å². The van der Waals surface area contributed by atoms with Crippen LogP contribution in [0, 0.1) is 11.6 Å². The molecule has 1 fully saturated rings. The van der Waals surface area contributed by atoms with Crippen molar-refractivity contribution in [2.75, 3.05) is 5.73 Å². The number of nitrogens with zero attached hydrogens (tertiary/aromatic N) is 2. The predicted molar refractivity (Wildman–Crippen MR) is 101 cm³/mol. The molecule has 27 heavy (non-hydrogen) atoms. The van der Waals surface area contributed by atoms with Gasteiger partial charge in [-0.3, -0.25) is 0 Å². The summed E-state index contributed by atoms with van der Waals surface area (Å²) in [5.74, 6) is -0.00205. The van der Waals surface area contributed by atoms with Gasteiger partial charge >= 0.3 is 0 Å². The second kappa shape index (κ2) is 5.87. The summed E-state index contributed by atoms with van der Waals surface area (Å²) in [6.45, 7) is 0. The van der Waals surface area contributed by atoms with E-state index in [4.69, 9.17) is 5.73 Å². The first kappa shape index (κ1) is 15.9. The van der Waals surface area contributed by atoms with Gasteiger partial charge in [0.1, 0.15) is 17.5 Å². The lowest BCUT2D eigenvalue weighted by Crippen LogP contribution is -1.98. The third kappa shape index (κ3) is 2.83. The van der Waals surface area contributed by atoms with E-state index < -0.39 is 11.6 Å². The molecule has 5 rings (SSSR count). The highest BCUT2D eigenvalue weighted by molar-refractivity contribution is 5.94. The average molecular weight is 362 g/mol. The number of aromatic nitrogens is 3. The van der Waals surface area contributed by atoms with E-state index >= 15 is 0 Å². The molecule has 0 radical (unpaired) electrons. The number of nitrogens with one attached hydrogen (secondary N) is 1. The van der Waals surface area contributed by atoms with Crippen molar-refractivity contribution in [3.8, 4) is 22.6 Å². The number of rotatable bonds is 3. The van der Waals surface area contributed by atoms with Crippen LogP contribution in [0.4, 0.5) is 14.6 Å². The van der Waals surface area contributed by atoms with Gasteiger partial charge in [0, 0.05) is 34.8 Å². The Morgan fingerprint density at radius 2 is 1.78 bits per heavy atom. The van der Waals surface area contributed by atoms with Gasteiger partial charge < -0.3 is 10.7 Å². The molecule has 0 spiro atoms. The smallest absolute Gasteiger partial charge is 0.164 e. The molecule has 1 saturated carbocycles. The molecular weight excluding hydrogens is 346 g/mol. The number of H-pyrrole nitrogens is 1. The third-order valence-corrected chi connectivity index (χ3v) is 4.95. The molecule has 1 aliphatic carbocycles. The first-order valence-electron chi connectivity index (χ1n) is 8.80. The Hall–Kier alpha value is -3.28. The van der Waals surface area contributed by atoms with Crippen LogP contribution in [-0.2, 0) is 0 Å². The lowest BCUT2D eigenvalue weighted by atomic mass is 10.1. The van der Waals surface area contributed by atoms with Crippen LogP contribution < -0.4 is 5.73 Å². The number of nitrogen functional groups attached to an aromatic ring is 1. The van der Waals surface area contributed by atoms with E-state index in [0.29, 0.717) is 34.2 Å². The molecule has 2 aromatic carbocycles. The maximum atomic E-state index is 14.0. The lowest BCUT2D eigenvalue weighted by molar-refractivity contribution is 0.591. The highest BCUT2D eigenvalue weighted by Gasteiger charge is 2.23. The number of hydrogen-bond donors (Lipinski definition) is 2. The van der Waals surface area contributed by atoms with Crippen molar-refractivity contribution < 1.29 is 8.78 Å². The van der Waals surface area contributed by atoms with Gasteiger partial charge in [-0.25, -0.2) is 18.7 Å². The summed E-state index contributed by atoms with van der Waals surface area (Å²) in [4.78, 5) is 11.7. The predicted octanol–water partition coefficient (Wildman–Crippen LogP) is 5.03. The first-order chi connectivity index (χ1) is 13.1. The molecule has 3 N–H and O–H groups in total. The largest absolute Gasteiger partial charge is 0.384 e. The van der Waals surface area contributed by atoms with Crippen molar-refractivity contribution in [1.82, 2.24) is 15.0 Å². The van der Waals surface area contributed by atoms with Gasteiger partial charge in [0.2, 0.25) is 0 Å². The Balaban J connectivity index is 1.62. The van der Waals surface area contributed by atoms with Crippen LogP contribution in [0.3, 0.4) is 0 Å². The van der Waals surface area contributed by atoms with Gasteiger partial charge in [0.25, 0.3) is 0 Å². The maximum absolute atomic E-state index is 14.0. The molecule has 6 heteroatoms. The normalized spacial score (nSPS) is 14.0. The van der Waals surface area contributed by atoms with Gasteiger partial charge in [-0.15, -0.1) is 0 Å². The summed E-state index contributed by atoms with van der Waals surface area (Å²) in [6.07, 6.45) is 4.07. The molecule has 0 unspecified atom stereocenters. The van der Waals surface area contributed by atoms with Crippen LogP contribution in [0.1, 0.15) is 24.3 Å². The fraction of sp³-hybridized carbons (Fsp3) is 0.143. The van der Waals surface area contributed by atoms with E-state index in [1.54, 1.807) is 12.3 Å². The molecule has 2 aromatic heterocycles. The van der Waals surface area contributed by atoms with E-state index in [1.165, 1.54) is 24.5 Å². The van der Waals surface area contributed by atoms with E-state index in [1.807, 2.05) is 12.1 Å². The molecular formula is C21H16F2N4. The van der Waals surface area contributed by atoms with E-state index in [2.05, 4.69) is 27.1 Å². The minimum atomic E-state index is -0.656. The zero-order valence-electron chi connectivity index (χ0n) is 14.3. The second-order valence-corrected chi connectivity index (χ2v) is 6.91. The molecule has 4 aromatic rings. The zero-order valence-corrected chi connectivity index (χ0v) is 14.3. The maximum Gasteiger partial charge on any atom is 0.164 e. The molecule has 4 nitrogen and oxygen atoms in total. The quantitative estimate of drug-likeness (QED) is 0.537. The van der Waals surface area contributed by atoms with E-state index in [9.17, 15) is 8.78 Å². The monoisotopic (exact) mass is 362 g/mol. The van der Waals surface area contributed by atoms with E-state index in [0.717, 1.165) is 11.6 Å². The van der Waals surface area contributed by atoms with Crippen LogP contribution in [-0.4, -0.2) is 15.0 Å². The summed E-state index contributed by atoms with van der Waals surface area (Å²) in [5.41, 5.74) is 9.64. The van der Waals surface area contributed by atoms with Crippen LogP contribution in [0.15, 0.2) is 48.7 Å². The summed E-state index contributed by atoms with van der Waals surface area (Å²) in [5, 5.41) is 0.383. The van der Waals surface area contributed by atoms with Gasteiger partial charge in [0.05, 0.1) is 11.2 Å². The zero-order chi connectivity index (χ0) is 18.5. The minimum Gasteiger partial charge on any atom is -0.384 e. The molecule has 0 atom stereocenters. The molecule has 0 bridgehead atoms. The third-order valence-electron chi connectivity index (χ3n) is 4.95. The van der Waals surface area contributed by atoms with Crippen molar-refractivity contribution in [2.24, 2.45) is 0 Å². The summed E-state index contributed by atoms with van der Waals surface area (Å²) in [7, 11) is 0. The number of nitrogens with two attached hydrogens (primary N) is 1.